The van der Waals surface area contributed by atoms with E-state index in [2.05, 4.69) is 10.6 Å². The smallest absolute Gasteiger partial charge is 0.341 e. The molecule has 2 N–H and O–H groups in total. The van der Waals surface area contributed by atoms with E-state index in [0.29, 0.717) is 22.6 Å². The number of nitrogens with one attached hydrogen (secondary N) is 2. The van der Waals surface area contributed by atoms with Crippen LogP contribution < -0.4 is 20.1 Å². The number of amides is 2. The third kappa shape index (κ3) is 6.35. The molecule has 0 atom stereocenters. The fourth-order valence-corrected chi connectivity index (χ4v) is 4.09. The summed E-state index contributed by atoms with van der Waals surface area (Å²) in [5, 5.41) is 5.13. The average Bonchev–Trinajstić information content (AvgIpc) is 3.15. The monoisotopic (exact) mass is 490 g/mol. The maximum atomic E-state index is 12.4. The Kier molecular flexibility index (Phi) is 9.62. The summed E-state index contributed by atoms with van der Waals surface area (Å²) in [7, 11) is 4.43. The lowest BCUT2D eigenvalue weighted by atomic mass is 10.1. The van der Waals surface area contributed by atoms with E-state index in [1.54, 1.807) is 32.0 Å². The number of thiophene rings is 1. The van der Waals surface area contributed by atoms with Crippen molar-refractivity contribution in [1.29, 1.82) is 0 Å². The van der Waals surface area contributed by atoms with E-state index >= 15 is 0 Å². The quantitative estimate of drug-likeness (QED) is 0.384. The number of carbonyl (C=O) groups is 4. The number of hydrogen-bond donors (Lipinski definition) is 2. The molecule has 34 heavy (non-hydrogen) atoms. The molecule has 1 heterocycles. The summed E-state index contributed by atoms with van der Waals surface area (Å²) in [4.78, 5) is 49.2. The number of anilines is 1. The molecule has 2 aromatic rings. The molecule has 0 radical (unpaired) electrons. The molecule has 0 spiro atoms. The van der Waals surface area contributed by atoms with E-state index in [4.69, 9.17) is 18.9 Å². The first-order valence-electron chi connectivity index (χ1n) is 10.2. The molecule has 0 saturated heterocycles. The van der Waals surface area contributed by atoms with Gasteiger partial charge in [0.15, 0.2) is 18.1 Å². The van der Waals surface area contributed by atoms with E-state index in [9.17, 15) is 19.2 Å². The number of methoxy groups -OCH3 is 2. The SMILES string of the molecule is CCOC(=O)c1c(NC(=O)COC(=O)/C=C/c2cccc(OC)c2OC)sc(C(=O)NC)c1C. The van der Waals surface area contributed by atoms with Crippen molar-refractivity contribution < 1.29 is 38.1 Å². The average molecular weight is 491 g/mol. The molecule has 0 aliphatic heterocycles. The molecular weight excluding hydrogens is 464 g/mol. The first-order valence-corrected chi connectivity index (χ1v) is 11.0. The van der Waals surface area contributed by atoms with Crippen LogP contribution in [0.3, 0.4) is 0 Å². The minimum Gasteiger partial charge on any atom is -0.493 e. The van der Waals surface area contributed by atoms with Gasteiger partial charge >= 0.3 is 11.9 Å². The van der Waals surface area contributed by atoms with Crippen molar-refractivity contribution in [1.82, 2.24) is 5.32 Å². The van der Waals surface area contributed by atoms with Gasteiger partial charge in [-0.05, 0) is 31.6 Å². The summed E-state index contributed by atoms with van der Waals surface area (Å²) >= 11 is 0.926. The third-order valence-electron chi connectivity index (χ3n) is 4.49. The highest BCUT2D eigenvalue weighted by Gasteiger charge is 2.26. The lowest BCUT2D eigenvalue weighted by molar-refractivity contribution is -0.142. The minimum atomic E-state index is -0.765. The maximum Gasteiger partial charge on any atom is 0.341 e. The summed E-state index contributed by atoms with van der Waals surface area (Å²) in [6.45, 7) is 2.75. The van der Waals surface area contributed by atoms with Gasteiger partial charge in [0.05, 0.1) is 31.3 Å². The lowest BCUT2D eigenvalue weighted by Gasteiger charge is -2.09. The van der Waals surface area contributed by atoms with E-state index < -0.39 is 30.4 Å². The second kappa shape index (κ2) is 12.4. The predicted molar refractivity (Wildman–Crippen MR) is 127 cm³/mol. The summed E-state index contributed by atoms with van der Waals surface area (Å²) in [6, 6.07) is 5.17. The highest BCUT2D eigenvalue weighted by Crippen LogP contribution is 2.34. The zero-order chi connectivity index (χ0) is 25.3. The minimum absolute atomic E-state index is 0.0788. The van der Waals surface area contributed by atoms with Crippen LogP contribution in [0.1, 0.15) is 38.1 Å². The van der Waals surface area contributed by atoms with E-state index in [-0.39, 0.29) is 22.0 Å². The van der Waals surface area contributed by atoms with Crippen LogP contribution in [0.2, 0.25) is 0 Å². The van der Waals surface area contributed by atoms with Crippen molar-refractivity contribution in [3.05, 3.63) is 45.8 Å². The van der Waals surface area contributed by atoms with Gasteiger partial charge in [0.25, 0.3) is 11.8 Å². The van der Waals surface area contributed by atoms with Crippen LogP contribution in [0.5, 0.6) is 11.5 Å². The third-order valence-corrected chi connectivity index (χ3v) is 5.70. The topological polar surface area (TPSA) is 129 Å². The standard InChI is InChI=1S/C23H26N2O8S/c1-6-32-23(29)18-13(2)20(21(28)24-3)34-22(18)25-16(26)12-33-17(27)11-10-14-8-7-9-15(30-4)19(14)31-5/h7-11H,6,12H2,1-5H3,(H,24,28)(H,25,26)/b11-10+. The Morgan fingerprint density at radius 2 is 1.82 bits per heavy atom. The molecule has 182 valence electrons. The molecule has 2 rings (SSSR count). The van der Waals surface area contributed by atoms with Crippen LogP contribution >= 0.6 is 11.3 Å². The fourth-order valence-electron chi connectivity index (χ4n) is 2.93. The number of esters is 2. The Morgan fingerprint density at radius 3 is 2.44 bits per heavy atom. The Labute approximate surface area is 200 Å². The van der Waals surface area contributed by atoms with E-state index in [1.807, 2.05) is 0 Å². The zero-order valence-corrected chi connectivity index (χ0v) is 20.3. The molecule has 0 fully saturated rings. The molecule has 10 nitrogen and oxygen atoms in total. The number of para-hydroxylation sites is 1. The lowest BCUT2D eigenvalue weighted by Crippen LogP contribution is -2.21. The normalized spacial score (nSPS) is 10.5. The highest BCUT2D eigenvalue weighted by molar-refractivity contribution is 7.18. The van der Waals surface area contributed by atoms with Crippen LogP contribution in [-0.4, -0.2) is 58.2 Å². The Morgan fingerprint density at radius 1 is 1.09 bits per heavy atom. The maximum absolute atomic E-state index is 12.4. The second-order valence-corrected chi connectivity index (χ2v) is 7.65. The van der Waals surface area contributed by atoms with Crippen molar-refractivity contribution in [2.24, 2.45) is 0 Å². The molecule has 0 aliphatic carbocycles. The van der Waals surface area contributed by atoms with Gasteiger partial charge in [0, 0.05) is 18.7 Å². The van der Waals surface area contributed by atoms with Crippen LogP contribution in [-0.2, 0) is 19.1 Å². The first-order chi connectivity index (χ1) is 16.3. The molecule has 0 unspecified atom stereocenters. The van der Waals surface area contributed by atoms with Crippen LogP contribution in [0, 0.1) is 6.92 Å². The summed E-state index contributed by atoms with van der Waals surface area (Å²) in [5.41, 5.74) is 1.04. The largest absolute Gasteiger partial charge is 0.493 e. The number of hydrogen-bond acceptors (Lipinski definition) is 9. The summed E-state index contributed by atoms with van der Waals surface area (Å²) in [5.74, 6) is -1.59. The van der Waals surface area contributed by atoms with Crippen LogP contribution in [0.15, 0.2) is 24.3 Å². The number of rotatable bonds is 10. The van der Waals surface area contributed by atoms with Gasteiger partial charge in [0.1, 0.15) is 5.00 Å². The van der Waals surface area contributed by atoms with Gasteiger partial charge in [-0.2, -0.15) is 0 Å². The number of carbonyl (C=O) groups excluding carboxylic acids is 4. The van der Waals surface area contributed by atoms with Crippen molar-refractivity contribution in [2.75, 3.05) is 39.8 Å². The van der Waals surface area contributed by atoms with Gasteiger partial charge in [-0.15, -0.1) is 11.3 Å². The summed E-state index contributed by atoms with van der Waals surface area (Å²) < 4.78 is 20.5. The highest BCUT2D eigenvalue weighted by atomic mass is 32.1. The van der Waals surface area contributed by atoms with Crippen molar-refractivity contribution >= 4 is 46.2 Å². The molecule has 1 aromatic heterocycles. The zero-order valence-electron chi connectivity index (χ0n) is 19.5. The Hall–Kier alpha value is -3.86. The second-order valence-electron chi connectivity index (χ2n) is 6.63. The van der Waals surface area contributed by atoms with Crippen LogP contribution in [0.4, 0.5) is 5.00 Å². The molecule has 0 bridgehead atoms. The molecule has 1 aromatic carbocycles. The predicted octanol–water partition coefficient (Wildman–Crippen LogP) is 2.81. The first kappa shape index (κ1) is 26.4. The van der Waals surface area contributed by atoms with Gasteiger partial charge in [-0.25, -0.2) is 9.59 Å². The van der Waals surface area contributed by atoms with Crippen LogP contribution in [0.25, 0.3) is 6.08 Å². The van der Waals surface area contributed by atoms with E-state index in [1.165, 1.54) is 27.3 Å². The van der Waals surface area contributed by atoms with Crippen molar-refractivity contribution in [3.8, 4) is 11.5 Å². The number of ether oxygens (including phenoxy) is 4. The fraction of sp³-hybridized carbons (Fsp3) is 0.304. The van der Waals surface area contributed by atoms with Gasteiger partial charge < -0.3 is 29.6 Å². The van der Waals surface area contributed by atoms with Gasteiger partial charge in [-0.3, -0.25) is 9.59 Å². The van der Waals surface area contributed by atoms with Gasteiger partial charge in [-0.1, -0.05) is 12.1 Å². The van der Waals surface area contributed by atoms with Gasteiger partial charge in [0.2, 0.25) is 0 Å². The van der Waals surface area contributed by atoms with Crippen molar-refractivity contribution in [2.45, 2.75) is 13.8 Å². The van der Waals surface area contributed by atoms with Crippen molar-refractivity contribution in [3.63, 3.8) is 0 Å². The molecular formula is C23H26N2O8S. The summed E-state index contributed by atoms with van der Waals surface area (Å²) in [6.07, 6.45) is 2.62. The molecule has 0 saturated carbocycles. The molecule has 0 aliphatic rings. The molecule has 11 heteroatoms. The Balaban J connectivity index is 2.09. The number of benzene rings is 1. The Bertz CT molecular complexity index is 1110. The van der Waals surface area contributed by atoms with E-state index in [0.717, 1.165) is 17.4 Å². The molecule has 2 amide bonds.